The second kappa shape index (κ2) is 6.47. The van der Waals surface area contributed by atoms with Gasteiger partial charge < -0.3 is 9.64 Å². The Balaban J connectivity index is 2.37. The summed E-state index contributed by atoms with van der Waals surface area (Å²) >= 11 is 0. The van der Waals surface area contributed by atoms with Crippen LogP contribution in [0.4, 0.5) is 9.32 Å². The van der Waals surface area contributed by atoms with Gasteiger partial charge in [0.15, 0.2) is 0 Å². The van der Waals surface area contributed by atoms with E-state index < -0.39 is 18.6 Å². The first kappa shape index (κ1) is 13.0. The molecule has 0 radical (unpaired) electrons. The van der Waals surface area contributed by atoms with Gasteiger partial charge in [0.2, 0.25) is 0 Å². The fourth-order valence-electron chi connectivity index (χ4n) is 1.11. The van der Waals surface area contributed by atoms with Crippen LogP contribution in [0.25, 0.3) is 0 Å². The van der Waals surface area contributed by atoms with E-state index in [2.05, 4.69) is 4.94 Å². The van der Waals surface area contributed by atoms with E-state index in [9.17, 15) is 14.1 Å². The van der Waals surface area contributed by atoms with Gasteiger partial charge in [-0.05, 0) is 5.56 Å². The lowest BCUT2D eigenvalue weighted by Crippen LogP contribution is -2.32. The number of carbonyl (C=O) groups is 2. The molecular weight excluding hydrogens is 229 g/mol. The van der Waals surface area contributed by atoms with Gasteiger partial charge in [0.05, 0.1) is 0 Å². The first-order valence-corrected chi connectivity index (χ1v) is 4.86. The largest absolute Gasteiger partial charge is 0.445 e. The number of hydrogen-bond acceptors (Lipinski definition) is 4. The summed E-state index contributed by atoms with van der Waals surface area (Å²) in [4.78, 5) is 25.8. The zero-order valence-electron chi connectivity index (χ0n) is 9.26. The zero-order chi connectivity index (χ0) is 12.7. The minimum Gasteiger partial charge on any atom is -0.445 e. The van der Waals surface area contributed by atoms with E-state index in [1.807, 2.05) is 18.2 Å². The minimum absolute atomic E-state index is 0.0920. The van der Waals surface area contributed by atoms with Gasteiger partial charge in [0, 0.05) is 11.6 Å². The van der Waals surface area contributed by atoms with Gasteiger partial charge in [-0.3, -0.25) is 4.94 Å². The molecule has 6 heteroatoms. The number of rotatable bonds is 4. The second-order valence-electron chi connectivity index (χ2n) is 3.35. The first-order valence-electron chi connectivity index (χ1n) is 4.86. The van der Waals surface area contributed by atoms with Crippen LogP contribution in [0.1, 0.15) is 5.56 Å². The molecule has 0 unspecified atom stereocenters. The van der Waals surface area contributed by atoms with Crippen molar-refractivity contribution in [3.05, 3.63) is 35.9 Å². The molecule has 1 aromatic rings. The molecular formula is C11H12FNO4. The summed E-state index contributed by atoms with van der Waals surface area (Å²) in [7, 11) is 1.31. The maximum Gasteiger partial charge on any atom is 0.410 e. The fourth-order valence-corrected chi connectivity index (χ4v) is 1.11. The van der Waals surface area contributed by atoms with Gasteiger partial charge in [-0.15, -0.1) is 0 Å². The number of hydrogen-bond donors (Lipinski definition) is 0. The second-order valence-corrected chi connectivity index (χ2v) is 3.35. The number of halogens is 1. The van der Waals surface area contributed by atoms with Crippen molar-refractivity contribution in [2.45, 2.75) is 6.61 Å². The van der Waals surface area contributed by atoms with Crippen LogP contribution in [0.5, 0.6) is 0 Å². The molecule has 0 atom stereocenters. The van der Waals surface area contributed by atoms with Gasteiger partial charge in [0.1, 0.15) is 13.2 Å². The normalized spacial score (nSPS) is 9.53. The molecule has 0 aliphatic heterocycles. The Morgan fingerprint density at radius 2 is 1.94 bits per heavy atom. The number of carbonyl (C=O) groups excluding carboxylic acids is 2. The van der Waals surface area contributed by atoms with Gasteiger partial charge >= 0.3 is 12.1 Å². The Kier molecular flexibility index (Phi) is 4.93. The van der Waals surface area contributed by atoms with Crippen LogP contribution in [0.3, 0.4) is 0 Å². The monoisotopic (exact) mass is 241 g/mol. The highest BCUT2D eigenvalue weighted by Gasteiger charge is 2.15. The Hall–Kier alpha value is -2.11. The summed E-state index contributed by atoms with van der Waals surface area (Å²) in [5.74, 6) is -1.15. The lowest BCUT2D eigenvalue weighted by atomic mass is 10.2. The Morgan fingerprint density at radius 1 is 1.29 bits per heavy atom. The van der Waals surface area contributed by atoms with Crippen LogP contribution in [0, 0.1) is 0 Å². The summed E-state index contributed by atoms with van der Waals surface area (Å²) in [6.07, 6.45) is -0.723. The number of ether oxygens (including phenoxy) is 1. The molecule has 0 aliphatic carbocycles. The molecule has 0 aromatic heterocycles. The Morgan fingerprint density at radius 3 is 2.53 bits per heavy atom. The van der Waals surface area contributed by atoms with E-state index in [0.717, 1.165) is 10.5 Å². The van der Waals surface area contributed by atoms with Crippen molar-refractivity contribution < 1.29 is 23.8 Å². The number of likely N-dealkylation sites (N-methyl/N-ethyl adjacent to an activating group) is 1. The smallest absolute Gasteiger partial charge is 0.410 e. The Labute approximate surface area is 97.6 Å². The molecule has 0 saturated heterocycles. The zero-order valence-corrected chi connectivity index (χ0v) is 9.26. The van der Waals surface area contributed by atoms with Crippen molar-refractivity contribution in [3.63, 3.8) is 0 Å². The summed E-state index contributed by atoms with van der Waals surface area (Å²) in [6, 6.07) is 9.06. The fraction of sp³-hybridized carbons (Fsp3) is 0.273. The average molecular weight is 241 g/mol. The quantitative estimate of drug-likeness (QED) is 0.804. The highest BCUT2D eigenvalue weighted by molar-refractivity contribution is 5.77. The van der Waals surface area contributed by atoms with Gasteiger partial charge in [-0.25, -0.2) is 9.59 Å². The molecule has 0 saturated carbocycles. The van der Waals surface area contributed by atoms with Crippen molar-refractivity contribution in [3.8, 4) is 0 Å². The average Bonchev–Trinajstić information content (AvgIpc) is 2.36. The van der Waals surface area contributed by atoms with Crippen molar-refractivity contribution in [2.24, 2.45) is 0 Å². The summed E-state index contributed by atoms with van der Waals surface area (Å²) < 4.78 is 16.3. The molecule has 1 amide bonds. The highest BCUT2D eigenvalue weighted by atomic mass is 19.3. The van der Waals surface area contributed by atoms with Crippen LogP contribution in [0.15, 0.2) is 30.3 Å². The molecule has 1 rings (SSSR count). The summed E-state index contributed by atoms with van der Waals surface area (Å²) in [6.45, 7) is -0.404. The van der Waals surface area contributed by atoms with Crippen LogP contribution in [-0.4, -0.2) is 30.6 Å². The third-order valence-electron chi connectivity index (χ3n) is 1.97. The van der Waals surface area contributed by atoms with Crippen LogP contribution >= 0.6 is 0 Å². The van der Waals surface area contributed by atoms with Crippen LogP contribution < -0.4 is 0 Å². The molecule has 0 fully saturated rings. The van der Waals surface area contributed by atoms with Gasteiger partial charge in [-0.2, -0.15) is 0 Å². The minimum atomic E-state index is -1.15. The predicted molar refractivity (Wildman–Crippen MR) is 56.5 cm³/mol. The molecule has 0 N–H and O–H groups in total. The van der Waals surface area contributed by atoms with Crippen LogP contribution in [0.2, 0.25) is 0 Å². The lowest BCUT2D eigenvalue weighted by molar-refractivity contribution is -0.184. The third-order valence-corrected chi connectivity index (χ3v) is 1.97. The van der Waals surface area contributed by atoms with Gasteiger partial charge in [0.25, 0.3) is 0 Å². The number of amides is 1. The lowest BCUT2D eigenvalue weighted by Gasteiger charge is -2.14. The molecule has 0 heterocycles. The molecule has 92 valence electrons. The molecule has 0 bridgehead atoms. The topological polar surface area (TPSA) is 55.8 Å². The number of nitrogens with zero attached hydrogens (tertiary/aromatic N) is 1. The molecule has 1 aromatic carbocycles. The summed E-state index contributed by atoms with van der Waals surface area (Å²) in [5, 5.41) is 0. The van der Waals surface area contributed by atoms with E-state index in [-0.39, 0.29) is 6.61 Å². The SMILES string of the molecule is CN(CC(=O)OF)C(=O)OCc1ccccc1. The van der Waals surface area contributed by atoms with Crippen molar-refractivity contribution >= 4 is 12.1 Å². The highest BCUT2D eigenvalue weighted by Crippen LogP contribution is 2.02. The molecule has 5 nitrogen and oxygen atoms in total. The molecule has 0 spiro atoms. The third kappa shape index (κ3) is 4.50. The van der Waals surface area contributed by atoms with Crippen molar-refractivity contribution in [1.82, 2.24) is 4.90 Å². The summed E-state index contributed by atoms with van der Waals surface area (Å²) in [5.41, 5.74) is 0.822. The maximum absolute atomic E-state index is 11.4. The van der Waals surface area contributed by atoms with E-state index in [1.54, 1.807) is 12.1 Å². The molecule has 0 aliphatic rings. The van der Waals surface area contributed by atoms with Gasteiger partial charge in [-0.1, -0.05) is 30.3 Å². The van der Waals surface area contributed by atoms with Crippen molar-refractivity contribution in [2.75, 3.05) is 13.6 Å². The molecule has 17 heavy (non-hydrogen) atoms. The van der Waals surface area contributed by atoms with E-state index in [4.69, 9.17) is 4.74 Å². The van der Waals surface area contributed by atoms with E-state index >= 15 is 0 Å². The predicted octanol–water partition coefficient (Wildman–Crippen LogP) is 1.68. The standard InChI is InChI=1S/C11H12FNO4/c1-13(7-10(14)17-12)11(15)16-8-9-5-3-2-4-6-9/h2-6H,7-8H2,1H3. The Bertz CT molecular complexity index is 382. The first-order chi connectivity index (χ1) is 8.13. The van der Waals surface area contributed by atoms with E-state index in [1.165, 1.54) is 7.05 Å². The van der Waals surface area contributed by atoms with E-state index in [0.29, 0.717) is 0 Å². The number of benzene rings is 1. The van der Waals surface area contributed by atoms with Crippen LogP contribution in [-0.2, 0) is 21.1 Å². The maximum atomic E-state index is 11.4. The van der Waals surface area contributed by atoms with Crippen molar-refractivity contribution in [1.29, 1.82) is 0 Å².